The summed E-state index contributed by atoms with van der Waals surface area (Å²) >= 11 is 0. The fourth-order valence-corrected chi connectivity index (χ4v) is 3.85. The number of nitrogens with zero attached hydrogens (tertiary/aromatic N) is 3. The lowest BCUT2D eigenvalue weighted by Gasteiger charge is -2.38. The number of imidazole rings is 1. The van der Waals surface area contributed by atoms with Crippen LogP contribution in [0.3, 0.4) is 0 Å². The highest BCUT2D eigenvalue weighted by Gasteiger charge is 2.34. The van der Waals surface area contributed by atoms with Crippen LogP contribution in [-0.2, 0) is 5.54 Å². The van der Waals surface area contributed by atoms with Gasteiger partial charge in [-0.25, -0.2) is 9.97 Å². The summed E-state index contributed by atoms with van der Waals surface area (Å²) in [5.41, 5.74) is 11.9. The molecule has 134 valence electrons. The molecule has 2 N–H and O–H groups in total. The number of allylic oxidation sites excluding steroid dienone is 6. The summed E-state index contributed by atoms with van der Waals surface area (Å²) < 4.78 is 1.97. The summed E-state index contributed by atoms with van der Waals surface area (Å²) in [6, 6.07) is 8.61. The summed E-state index contributed by atoms with van der Waals surface area (Å²) in [6.45, 7) is 0. The van der Waals surface area contributed by atoms with Crippen LogP contribution >= 0.6 is 0 Å². The molecule has 5 rings (SSSR count). The van der Waals surface area contributed by atoms with Crippen molar-refractivity contribution in [1.82, 2.24) is 14.4 Å². The second-order valence-corrected chi connectivity index (χ2v) is 7.41. The summed E-state index contributed by atoms with van der Waals surface area (Å²) in [6.07, 6.45) is 20.9. The van der Waals surface area contributed by atoms with Gasteiger partial charge in [-0.05, 0) is 36.8 Å². The quantitative estimate of drug-likeness (QED) is 0.746. The van der Waals surface area contributed by atoms with Crippen molar-refractivity contribution in [2.45, 2.75) is 31.2 Å². The van der Waals surface area contributed by atoms with Gasteiger partial charge in [-0.15, -0.1) is 0 Å². The smallest absolute Gasteiger partial charge is 0.234 e. The van der Waals surface area contributed by atoms with E-state index in [4.69, 9.17) is 10.7 Å². The molecule has 0 spiro atoms. The molecule has 0 unspecified atom stereocenters. The zero-order chi connectivity index (χ0) is 18.3. The maximum Gasteiger partial charge on any atom is 0.234 e. The van der Waals surface area contributed by atoms with Crippen LogP contribution in [0, 0.1) is 0 Å². The first-order valence-electron chi connectivity index (χ1n) is 9.50. The number of benzene rings is 1. The average Bonchev–Trinajstić information content (AvgIpc) is 2.96. The molecule has 0 saturated heterocycles. The Morgan fingerprint density at radius 3 is 2.70 bits per heavy atom. The highest BCUT2D eigenvalue weighted by atomic mass is 15.1. The third-order valence-electron chi connectivity index (χ3n) is 5.65. The average molecular weight is 354 g/mol. The number of aromatic nitrogens is 3. The van der Waals surface area contributed by atoms with Gasteiger partial charge in [0.05, 0.1) is 5.69 Å². The first-order chi connectivity index (χ1) is 13.2. The van der Waals surface area contributed by atoms with Crippen molar-refractivity contribution in [3.63, 3.8) is 0 Å². The molecule has 0 radical (unpaired) electrons. The molecule has 0 aliphatic heterocycles. The third-order valence-corrected chi connectivity index (χ3v) is 5.65. The molecule has 1 saturated carbocycles. The van der Waals surface area contributed by atoms with E-state index in [1.165, 1.54) is 12.0 Å². The standard InChI is InChI=1S/C23H22N4/c24-23(12-5-13-23)19-10-8-18(9-11-19)21-20(17-6-3-1-2-4-7-17)16-27-15-14-25-22(27)26-21/h1,3-4,6-11,14-16H,2,5,12-13,24H2. The van der Waals surface area contributed by atoms with Gasteiger partial charge in [0.2, 0.25) is 5.78 Å². The molecule has 2 aromatic heterocycles. The Labute approximate surface area is 158 Å². The van der Waals surface area contributed by atoms with E-state index in [1.807, 2.05) is 10.6 Å². The molecular formula is C23H22N4. The SMILES string of the molecule is NC1(c2ccc(-c3nc4nccn4cc3C3=CC=CCC=C3)cc2)CCC1. The largest absolute Gasteiger partial charge is 0.321 e. The number of rotatable bonds is 3. The van der Waals surface area contributed by atoms with E-state index in [0.717, 1.165) is 41.7 Å². The molecule has 0 atom stereocenters. The zero-order valence-corrected chi connectivity index (χ0v) is 15.2. The topological polar surface area (TPSA) is 56.2 Å². The van der Waals surface area contributed by atoms with Crippen molar-refractivity contribution in [2.24, 2.45) is 5.73 Å². The minimum Gasteiger partial charge on any atom is -0.321 e. The van der Waals surface area contributed by atoms with Crippen LogP contribution in [0.1, 0.15) is 36.8 Å². The Morgan fingerprint density at radius 2 is 1.93 bits per heavy atom. The van der Waals surface area contributed by atoms with Gasteiger partial charge in [0.25, 0.3) is 0 Å². The van der Waals surface area contributed by atoms with Crippen molar-refractivity contribution in [3.8, 4) is 11.3 Å². The summed E-state index contributed by atoms with van der Waals surface area (Å²) in [7, 11) is 0. The minimum absolute atomic E-state index is 0.140. The van der Waals surface area contributed by atoms with E-state index in [2.05, 4.69) is 65.8 Å². The molecule has 0 bridgehead atoms. The van der Waals surface area contributed by atoms with Gasteiger partial charge in [-0.2, -0.15) is 0 Å². The first-order valence-corrected chi connectivity index (χ1v) is 9.50. The molecule has 0 amide bonds. The molecule has 2 heterocycles. The molecule has 4 heteroatoms. The minimum atomic E-state index is -0.140. The molecule has 1 fully saturated rings. The van der Waals surface area contributed by atoms with E-state index >= 15 is 0 Å². The number of nitrogens with two attached hydrogens (primary N) is 1. The second-order valence-electron chi connectivity index (χ2n) is 7.41. The Balaban J connectivity index is 1.64. The lowest BCUT2D eigenvalue weighted by atomic mass is 9.72. The van der Waals surface area contributed by atoms with Crippen LogP contribution in [0.2, 0.25) is 0 Å². The van der Waals surface area contributed by atoms with Crippen molar-refractivity contribution in [3.05, 3.63) is 84.4 Å². The van der Waals surface area contributed by atoms with Gasteiger partial charge in [0.1, 0.15) is 0 Å². The lowest BCUT2D eigenvalue weighted by molar-refractivity contribution is 0.253. The van der Waals surface area contributed by atoms with E-state index in [9.17, 15) is 0 Å². The number of hydrogen-bond acceptors (Lipinski definition) is 3. The van der Waals surface area contributed by atoms with Crippen LogP contribution in [0.15, 0.2) is 73.2 Å². The van der Waals surface area contributed by atoms with Crippen molar-refractivity contribution >= 4 is 11.4 Å². The third kappa shape index (κ3) is 2.82. The predicted octanol–water partition coefficient (Wildman–Crippen LogP) is 4.63. The van der Waals surface area contributed by atoms with Gasteiger partial charge >= 0.3 is 0 Å². The van der Waals surface area contributed by atoms with Gasteiger partial charge in [-0.3, -0.25) is 4.40 Å². The van der Waals surface area contributed by atoms with E-state index in [-0.39, 0.29) is 5.54 Å². The molecule has 27 heavy (non-hydrogen) atoms. The Bertz CT molecular complexity index is 1080. The van der Waals surface area contributed by atoms with Crippen molar-refractivity contribution in [1.29, 1.82) is 0 Å². The fraction of sp³-hybridized carbons (Fsp3) is 0.217. The highest BCUT2D eigenvalue weighted by Crippen LogP contribution is 2.39. The lowest BCUT2D eigenvalue weighted by Crippen LogP contribution is -2.43. The van der Waals surface area contributed by atoms with E-state index in [1.54, 1.807) is 6.20 Å². The maximum atomic E-state index is 6.48. The Morgan fingerprint density at radius 1 is 1.07 bits per heavy atom. The number of fused-ring (bicyclic) bond motifs is 1. The normalized spacial score (nSPS) is 18.2. The van der Waals surface area contributed by atoms with E-state index in [0.29, 0.717) is 5.78 Å². The van der Waals surface area contributed by atoms with Crippen LogP contribution < -0.4 is 5.73 Å². The molecule has 2 aliphatic rings. The van der Waals surface area contributed by atoms with Gasteiger partial charge in [-0.1, -0.05) is 54.6 Å². The van der Waals surface area contributed by atoms with E-state index < -0.39 is 0 Å². The Hall–Kier alpha value is -2.98. The fourth-order valence-electron chi connectivity index (χ4n) is 3.85. The van der Waals surface area contributed by atoms with Crippen LogP contribution in [0.4, 0.5) is 0 Å². The first kappa shape index (κ1) is 16.2. The van der Waals surface area contributed by atoms with Crippen LogP contribution in [-0.4, -0.2) is 14.4 Å². The van der Waals surface area contributed by atoms with Crippen LogP contribution in [0.25, 0.3) is 22.6 Å². The summed E-state index contributed by atoms with van der Waals surface area (Å²) in [5, 5.41) is 0. The monoisotopic (exact) mass is 354 g/mol. The van der Waals surface area contributed by atoms with Gasteiger partial charge in [0, 0.05) is 35.3 Å². The van der Waals surface area contributed by atoms with Gasteiger partial charge in [0.15, 0.2) is 0 Å². The summed E-state index contributed by atoms with van der Waals surface area (Å²) in [4.78, 5) is 9.23. The molecule has 1 aromatic carbocycles. The summed E-state index contributed by atoms with van der Waals surface area (Å²) in [5.74, 6) is 0.709. The van der Waals surface area contributed by atoms with Gasteiger partial charge < -0.3 is 5.73 Å². The maximum absolute atomic E-state index is 6.48. The zero-order valence-electron chi connectivity index (χ0n) is 15.2. The molecule has 3 aromatic rings. The van der Waals surface area contributed by atoms with Crippen LogP contribution in [0.5, 0.6) is 0 Å². The number of hydrogen-bond donors (Lipinski definition) is 1. The van der Waals surface area contributed by atoms with Crippen molar-refractivity contribution < 1.29 is 0 Å². The molecule has 2 aliphatic carbocycles. The highest BCUT2D eigenvalue weighted by molar-refractivity contribution is 5.85. The molecule has 4 nitrogen and oxygen atoms in total. The predicted molar refractivity (Wildman–Crippen MR) is 109 cm³/mol. The second kappa shape index (κ2) is 6.32. The Kier molecular flexibility index (Phi) is 3.80. The van der Waals surface area contributed by atoms with Crippen molar-refractivity contribution in [2.75, 3.05) is 0 Å². The molecular weight excluding hydrogens is 332 g/mol.